The molecule has 2 aliphatic rings. The highest BCUT2D eigenvalue weighted by molar-refractivity contribution is 5.04. The number of hydrogen-bond acceptors (Lipinski definition) is 2. The molecule has 0 aliphatic heterocycles. The van der Waals surface area contributed by atoms with Gasteiger partial charge in [-0.3, -0.25) is 0 Å². The van der Waals surface area contributed by atoms with Crippen LogP contribution in [0, 0.1) is 29.1 Å². The molecule has 0 bridgehead atoms. The summed E-state index contributed by atoms with van der Waals surface area (Å²) in [5, 5.41) is 8.62. The summed E-state index contributed by atoms with van der Waals surface area (Å²) in [5.74, 6) is 2.42. The Hall–Kier alpha value is -0.810. The molecule has 2 rings (SSSR count). The highest BCUT2D eigenvalue weighted by Crippen LogP contribution is 2.33. The van der Waals surface area contributed by atoms with Crippen molar-refractivity contribution in [3.8, 4) is 6.07 Å². The van der Waals surface area contributed by atoms with Crippen molar-refractivity contribution < 1.29 is 4.74 Å². The number of nitriles is 1. The molecule has 0 aromatic carbocycles. The lowest BCUT2D eigenvalue weighted by Gasteiger charge is -2.31. The third-order valence-corrected chi connectivity index (χ3v) is 6.41. The second-order valence-corrected chi connectivity index (χ2v) is 8.45. The van der Waals surface area contributed by atoms with E-state index in [-0.39, 0.29) is 0 Å². The number of allylic oxidation sites excluding steroid dienone is 2. The first kappa shape index (κ1) is 20.5. The van der Waals surface area contributed by atoms with Crippen molar-refractivity contribution in [1.29, 1.82) is 5.26 Å². The van der Waals surface area contributed by atoms with Crippen LogP contribution in [-0.4, -0.2) is 12.7 Å². The molecule has 0 unspecified atom stereocenters. The molecular formula is C23H39NO. The molecule has 0 heterocycles. The lowest BCUT2D eigenvalue weighted by Crippen LogP contribution is -2.25. The van der Waals surface area contributed by atoms with E-state index in [0.717, 1.165) is 18.4 Å². The maximum absolute atomic E-state index is 8.62. The van der Waals surface area contributed by atoms with Gasteiger partial charge in [-0.1, -0.05) is 64.4 Å². The normalized spacial score (nSPS) is 30.4. The van der Waals surface area contributed by atoms with E-state index in [4.69, 9.17) is 10.00 Å². The van der Waals surface area contributed by atoms with Crippen LogP contribution < -0.4 is 0 Å². The summed E-state index contributed by atoms with van der Waals surface area (Å²) in [5.41, 5.74) is 0. The molecule has 0 aromatic heterocycles. The molecule has 0 amide bonds. The van der Waals surface area contributed by atoms with Crippen molar-refractivity contribution in [3.63, 3.8) is 0 Å². The molecule has 0 radical (unpaired) electrons. The summed E-state index contributed by atoms with van der Waals surface area (Å²) in [6, 6.07) is 2.11. The van der Waals surface area contributed by atoms with Gasteiger partial charge < -0.3 is 4.74 Å². The maximum atomic E-state index is 8.62. The van der Waals surface area contributed by atoms with Gasteiger partial charge in [0.1, 0.15) is 0 Å². The Morgan fingerprint density at radius 3 is 2.24 bits per heavy atom. The van der Waals surface area contributed by atoms with E-state index in [2.05, 4.69) is 19.1 Å². The van der Waals surface area contributed by atoms with Crippen molar-refractivity contribution >= 4 is 0 Å². The molecule has 2 nitrogen and oxygen atoms in total. The Kier molecular flexibility index (Phi) is 10.3. The van der Waals surface area contributed by atoms with E-state index in [1.54, 1.807) is 6.08 Å². The van der Waals surface area contributed by atoms with Crippen LogP contribution in [0.2, 0.25) is 0 Å². The molecule has 0 atom stereocenters. The predicted octanol–water partition coefficient (Wildman–Crippen LogP) is 6.81. The van der Waals surface area contributed by atoms with Gasteiger partial charge >= 0.3 is 0 Å². The number of unbranched alkanes of at least 4 members (excludes halogenated alkanes) is 4. The first-order chi connectivity index (χ1) is 12.3. The fourth-order valence-electron chi connectivity index (χ4n) is 4.62. The summed E-state index contributed by atoms with van der Waals surface area (Å²) in [6.07, 6.45) is 23.2. The predicted molar refractivity (Wildman–Crippen MR) is 105 cm³/mol. The highest BCUT2D eigenvalue weighted by Gasteiger charge is 2.24. The average Bonchev–Trinajstić information content (AvgIpc) is 2.66. The zero-order valence-corrected chi connectivity index (χ0v) is 16.4. The van der Waals surface area contributed by atoms with E-state index in [1.807, 2.05) is 0 Å². The zero-order chi connectivity index (χ0) is 17.7. The van der Waals surface area contributed by atoms with Crippen LogP contribution in [0.4, 0.5) is 0 Å². The fourth-order valence-corrected chi connectivity index (χ4v) is 4.62. The van der Waals surface area contributed by atoms with Crippen molar-refractivity contribution in [1.82, 2.24) is 0 Å². The molecule has 2 aliphatic carbocycles. The van der Waals surface area contributed by atoms with Gasteiger partial charge in [-0.25, -0.2) is 0 Å². The first-order valence-corrected chi connectivity index (χ1v) is 11.0. The molecule has 2 heteroatoms. The highest BCUT2D eigenvalue weighted by atomic mass is 16.5. The summed E-state index contributed by atoms with van der Waals surface area (Å²) < 4.78 is 6.25. The quantitative estimate of drug-likeness (QED) is 0.322. The van der Waals surface area contributed by atoms with Crippen LogP contribution in [0.3, 0.4) is 0 Å². The molecule has 25 heavy (non-hydrogen) atoms. The lowest BCUT2D eigenvalue weighted by atomic mass is 9.80. The zero-order valence-electron chi connectivity index (χ0n) is 16.4. The van der Waals surface area contributed by atoms with Crippen LogP contribution >= 0.6 is 0 Å². The van der Waals surface area contributed by atoms with Gasteiger partial charge in [-0.15, -0.1) is 0 Å². The number of hydrogen-bond donors (Lipinski definition) is 0. The molecule has 2 saturated carbocycles. The first-order valence-electron chi connectivity index (χ1n) is 11.0. The summed E-state index contributed by atoms with van der Waals surface area (Å²) in [4.78, 5) is 0. The van der Waals surface area contributed by atoms with E-state index >= 15 is 0 Å². The second-order valence-electron chi connectivity index (χ2n) is 8.45. The van der Waals surface area contributed by atoms with Gasteiger partial charge in [0.2, 0.25) is 0 Å². The molecular weight excluding hydrogens is 306 g/mol. The minimum Gasteiger partial charge on any atom is -0.378 e. The van der Waals surface area contributed by atoms with E-state index in [9.17, 15) is 0 Å². The van der Waals surface area contributed by atoms with Gasteiger partial charge in [0.15, 0.2) is 0 Å². The van der Waals surface area contributed by atoms with Gasteiger partial charge in [0.25, 0.3) is 0 Å². The smallest absolute Gasteiger partial charge is 0.0908 e. The van der Waals surface area contributed by atoms with Gasteiger partial charge in [0.05, 0.1) is 12.2 Å². The third-order valence-electron chi connectivity index (χ3n) is 6.41. The Morgan fingerprint density at radius 1 is 0.880 bits per heavy atom. The number of ether oxygens (including phenoxy) is 1. The molecule has 142 valence electrons. The van der Waals surface area contributed by atoms with Crippen molar-refractivity contribution in [3.05, 3.63) is 12.2 Å². The fraction of sp³-hybridized carbons (Fsp3) is 0.870. The summed E-state index contributed by atoms with van der Waals surface area (Å²) in [6.45, 7) is 3.29. The standard InChI is InChI=1S/C23H39NO/c1-2-3-4-5-6-8-20-10-12-22(13-11-20)19-25-23-16-14-21(15-17-23)9-7-18-24/h7,9,20-23H,2-6,8,10-17,19H2,1H3/b9-7+. The third kappa shape index (κ3) is 8.41. The van der Waals surface area contributed by atoms with E-state index in [0.29, 0.717) is 12.0 Å². The molecule has 0 N–H and O–H groups in total. The van der Waals surface area contributed by atoms with E-state index < -0.39 is 0 Å². The van der Waals surface area contributed by atoms with Gasteiger partial charge in [-0.2, -0.15) is 5.26 Å². The van der Waals surface area contributed by atoms with Crippen molar-refractivity contribution in [2.45, 2.75) is 103 Å². The Bertz CT molecular complexity index is 395. The SMILES string of the molecule is CCCCCCCC1CCC(COC2CCC(/C=C/C#N)CC2)CC1. The lowest BCUT2D eigenvalue weighted by molar-refractivity contribution is -0.00663. The van der Waals surface area contributed by atoms with Crippen molar-refractivity contribution in [2.24, 2.45) is 17.8 Å². The largest absolute Gasteiger partial charge is 0.378 e. The Balaban J connectivity index is 1.50. The van der Waals surface area contributed by atoms with Crippen LogP contribution in [0.15, 0.2) is 12.2 Å². The van der Waals surface area contributed by atoms with Gasteiger partial charge in [0, 0.05) is 12.7 Å². The van der Waals surface area contributed by atoms with Crippen LogP contribution in [-0.2, 0) is 4.74 Å². The number of rotatable bonds is 10. The second kappa shape index (κ2) is 12.5. The topological polar surface area (TPSA) is 33.0 Å². The number of nitrogens with zero attached hydrogens (tertiary/aromatic N) is 1. The Labute approximate surface area is 156 Å². The van der Waals surface area contributed by atoms with Crippen LogP contribution in [0.1, 0.15) is 96.8 Å². The monoisotopic (exact) mass is 345 g/mol. The summed E-state index contributed by atoms with van der Waals surface area (Å²) >= 11 is 0. The Morgan fingerprint density at radius 2 is 1.56 bits per heavy atom. The van der Waals surface area contributed by atoms with Crippen LogP contribution in [0.5, 0.6) is 0 Å². The molecule has 0 aromatic rings. The molecule has 2 fully saturated rings. The maximum Gasteiger partial charge on any atom is 0.0908 e. The summed E-state index contributed by atoms with van der Waals surface area (Å²) in [7, 11) is 0. The van der Waals surface area contributed by atoms with Gasteiger partial charge in [-0.05, 0) is 56.3 Å². The van der Waals surface area contributed by atoms with E-state index in [1.165, 1.54) is 89.9 Å². The van der Waals surface area contributed by atoms with Crippen molar-refractivity contribution in [2.75, 3.05) is 6.61 Å². The average molecular weight is 346 g/mol. The molecule has 0 spiro atoms. The molecule has 0 saturated heterocycles. The minimum absolute atomic E-state index is 0.475. The minimum atomic E-state index is 0.475. The van der Waals surface area contributed by atoms with Crippen LogP contribution in [0.25, 0.3) is 0 Å².